The van der Waals surface area contributed by atoms with Gasteiger partial charge in [-0.25, -0.2) is 13.1 Å². The zero-order chi connectivity index (χ0) is 23.4. The van der Waals surface area contributed by atoms with Gasteiger partial charge in [-0.1, -0.05) is 36.6 Å². The van der Waals surface area contributed by atoms with Crippen LogP contribution in [0.1, 0.15) is 49.7 Å². The number of carbonyl (C=O) groups excluding carboxylic acids is 1. The summed E-state index contributed by atoms with van der Waals surface area (Å²) in [6, 6.07) is 8.07. The van der Waals surface area contributed by atoms with Crippen LogP contribution in [0.15, 0.2) is 53.7 Å². The minimum atomic E-state index is -3.54. The Morgan fingerprint density at radius 3 is 2.62 bits per heavy atom. The largest absolute Gasteiger partial charge is 0.469 e. The number of unbranched alkanes of at least 4 members (excludes halogenated alkanes) is 1. The van der Waals surface area contributed by atoms with Gasteiger partial charge in [-0.3, -0.25) is 9.78 Å². The molecule has 1 unspecified atom stereocenters. The third-order valence-corrected chi connectivity index (χ3v) is 7.01. The number of methoxy groups -OCH3 is 1. The van der Waals surface area contributed by atoms with Gasteiger partial charge in [0.1, 0.15) is 0 Å². The van der Waals surface area contributed by atoms with Gasteiger partial charge in [-0.05, 0) is 73.6 Å². The fraction of sp³-hybridized carbons (Fsp3) is 0.417. The summed E-state index contributed by atoms with van der Waals surface area (Å²) in [5.41, 5.74) is 2.24. The number of aromatic nitrogens is 1. The number of benzene rings is 1. The van der Waals surface area contributed by atoms with E-state index in [1.807, 2.05) is 19.2 Å². The Labute approximate surface area is 196 Å². The zero-order valence-corrected chi connectivity index (χ0v) is 20.2. The van der Waals surface area contributed by atoms with Crippen molar-refractivity contribution in [3.63, 3.8) is 0 Å². The molecule has 32 heavy (non-hydrogen) atoms. The van der Waals surface area contributed by atoms with Crippen LogP contribution in [0.2, 0.25) is 5.02 Å². The molecule has 0 spiro atoms. The van der Waals surface area contributed by atoms with Crippen LogP contribution >= 0.6 is 11.6 Å². The topological polar surface area (TPSA) is 85.4 Å². The molecule has 0 bridgehead atoms. The molecule has 2 aromatic rings. The van der Waals surface area contributed by atoms with Gasteiger partial charge in [-0.2, -0.15) is 0 Å². The lowest BCUT2D eigenvalue weighted by Crippen LogP contribution is -2.24. The monoisotopic (exact) mass is 478 g/mol. The summed E-state index contributed by atoms with van der Waals surface area (Å²) in [6.45, 7) is 2.40. The number of allylic oxidation sites excluding steroid dienone is 1. The second kappa shape index (κ2) is 13.4. The van der Waals surface area contributed by atoms with E-state index in [1.165, 1.54) is 19.2 Å². The van der Waals surface area contributed by atoms with Crippen molar-refractivity contribution in [2.75, 3.05) is 13.7 Å². The number of rotatable bonds is 13. The molecule has 0 fully saturated rings. The molecule has 0 amide bonds. The first-order valence-corrected chi connectivity index (χ1v) is 12.6. The number of nitrogens with one attached hydrogen (secondary N) is 1. The van der Waals surface area contributed by atoms with E-state index < -0.39 is 10.0 Å². The highest BCUT2D eigenvalue weighted by Gasteiger charge is 2.14. The summed E-state index contributed by atoms with van der Waals surface area (Å²) >= 11 is 5.82. The maximum absolute atomic E-state index is 12.3. The molecule has 6 nitrogen and oxygen atoms in total. The SMILES string of the molecule is COC(=O)CCC(C/C=C/c1cnccc1C)CCCCNS(=O)(=O)c1ccc(Cl)cc1. The van der Waals surface area contributed by atoms with Crippen molar-refractivity contribution in [1.82, 2.24) is 9.71 Å². The highest BCUT2D eigenvalue weighted by molar-refractivity contribution is 7.89. The second-order valence-corrected chi connectivity index (χ2v) is 9.90. The van der Waals surface area contributed by atoms with Gasteiger partial charge in [-0.15, -0.1) is 0 Å². The molecule has 1 aromatic heterocycles. The average molecular weight is 479 g/mol. The normalized spacial score (nSPS) is 12.7. The fourth-order valence-electron chi connectivity index (χ4n) is 3.30. The van der Waals surface area contributed by atoms with Gasteiger partial charge in [0.15, 0.2) is 0 Å². The number of nitrogens with zero attached hydrogens (tertiary/aromatic N) is 1. The highest BCUT2D eigenvalue weighted by Crippen LogP contribution is 2.21. The molecule has 0 saturated heterocycles. The van der Waals surface area contributed by atoms with E-state index in [0.29, 0.717) is 30.3 Å². The van der Waals surface area contributed by atoms with Crippen LogP contribution in [0, 0.1) is 12.8 Å². The van der Waals surface area contributed by atoms with Gasteiger partial charge < -0.3 is 4.74 Å². The number of sulfonamides is 1. The molecule has 174 valence electrons. The number of aryl methyl sites for hydroxylation is 1. The molecule has 0 aliphatic carbocycles. The van der Waals surface area contributed by atoms with Crippen molar-refractivity contribution in [2.24, 2.45) is 5.92 Å². The van der Waals surface area contributed by atoms with Crippen molar-refractivity contribution in [2.45, 2.75) is 50.3 Å². The molecular weight excluding hydrogens is 448 g/mol. The van der Waals surface area contributed by atoms with Crippen LogP contribution < -0.4 is 4.72 Å². The zero-order valence-electron chi connectivity index (χ0n) is 18.6. The van der Waals surface area contributed by atoms with Crippen molar-refractivity contribution >= 4 is 33.7 Å². The lowest BCUT2D eigenvalue weighted by molar-refractivity contribution is -0.140. The summed E-state index contributed by atoms with van der Waals surface area (Å²) in [5.74, 6) is 0.105. The standard InChI is InChI=1S/C24H31ClN2O4S/c1-19-15-17-26-18-21(19)8-5-7-20(9-14-24(28)31-2)6-3-4-16-27-32(29,30)23-12-10-22(25)11-13-23/h5,8,10-13,15,17-18,20,27H,3-4,6-7,9,14,16H2,1-2H3/b8-5+. The van der Waals surface area contributed by atoms with E-state index in [0.717, 1.165) is 36.8 Å². The van der Waals surface area contributed by atoms with E-state index in [9.17, 15) is 13.2 Å². The van der Waals surface area contributed by atoms with Crippen LogP contribution in [0.4, 0.5) is 0 Å². The summed E-state index contributed by atoms with van der Waals surface area (Å²) in [7, 11) is -2.14. The summed E-state index contributed by atoms with van der Waals surface area (Å²) < 4.78 is 32.1. The number of halogens is 1. The van der Waals surface area contributed by atoms with E-state index in [-0.39, 0.29) is 10.9 Å². The molecule has 1 heterocycles. The molecule has 0 saturated carbocycles. The van der Waals surface area contributed by atoms with E-state index in [4.69, 9.17) is 16.3 Å². The Bertz CT molecular complexity index is 991. The first-order valence-electron chi connectivity index (χ1n) is 10.7. The number of hydrogen-bond acceptors (Lipinski definition) is 5. The van der Waals surface area contributed by atoms with Crippen LogP contribution in [-0.4, -0.2) is 33.0 Å². The number of esters is 1. The Kier molecular flexibility index (Phi) is 10.9. The van der Waals surface area contributed by atoms with Crippen molar-refractivity contribution in [3.05, 3.63) is 65.0 Å². The maximum Gasteiger partial charge on any atom is 0.305 e. The second-order valence-electron chi connectivity index (χ2n) is 7.70. The number of pyridine rings is 1. The Morgan fingerprint density at radius 2 is 1.94 bits per heavy atom. The molecule has 2 rings (SSSR count). The molecule has 1 aromatic carbocycles. The van der Waals surface area contributed by atoms with Gasteiger partial charge in [0, 0.05) is 30.4 Å². The summed E-state index contributed by atoms with van der Waals surface area (Å²) in [4.78, 5) is 15.9. The van der Waals surface area contributed by atoms with Crippen molar-refractivity contribution in [3.8, 4) is 0 Å². The van der Waals surface area contributed by atoms with Gasteiger partial charge in [0.25, 0.3) is 0 Å². The average Bonchev–Trinajstić information content (AvgIpc) is 2.78. The fourth-order valence-corrected chi connectivity index (χ4v) is 4.50. The predicted molar refractivity (Wildman–Crippen MR) is 128 cm³/mol. The van der Waals surface area contributed by atoms with E-state index in [2.05, 4.69) is 21.9 Å². The van der Waals surface area contributed by atoms with Crippen LogP contribution in [0.3, 0.4) is 0 Å². The molecule has 0 radical (unpaired) electrons. The third-order valence-electron chi connectivity index (χ3n) is 5.29. The minimum Gasteiger partial charge on any atom is -0.469 e. The Hall–Kier alpha value is -2.22. The van der Waals surface area contributed by atoms with Crippen LogP contribution in [0.5, 0.6) is 0 Å². The quantitative estimate of drug-likeness (QED) is 0.317. The molecule has 0 aliphatic rings. The van der Waals surface area contributed by atoms with Crippen LogP contribution in [0.25, 0.3) is 6.08 Å². The predicted octanol–water partition coefficient (Wildman–Crippen LogP) is 5.16. The number of ether oxygens (including phenoxy) is 1. The van der Waals surface area contributed by atoms with Gasteiger partial charge in [0.05, 0.1) is 12.0 Å². The number of carbonyl (C=O) groups is 1. The maximum atomic E-state index is 12.3. The molecule has 1 atom stereocenters. The first kappa shape index (κ1) is 26.0. The number of hydrogen-bond donors (Lipinski definition) is 1. The van der Waals surface area contributed by atoms with E-state index in [1.54, 1.807) is 18.3 Å². The Balaban J connectivity index is 1.82. The van der Waals surface area contributed by atoms with Gasteiger partial charge in [0.2, 0.25) is 10.0 Å². The smallest absolute Gasteiger partial charge is 0.305 e. The lowest BCUT2D eigenvalue weighted by atomic mass is 9.93. The minimum absolute atomic E-state index is 0.202. The first-order chi connectivity index (χ1) is 15.3. The van der Waals surface area contributed by atoms with Crippen LogP contribution in [-0.2, 0) is 19.6 Å². The van der Waals surface area contributed by atoms with Gasteiger partial charge >= 0.3 is 5.97 Å². The Morgan fingerprint density at radius 1 is 1.19 bits per heavy atom. The summed E-state index contributed by atoms with van der Waals surface area (Å²) in [6.07, 6.45) is 12.2. The summed E-state index contributed by atoms with van der Waals surface area (Å²) in [5, 5.41) is 0.495. The third kappa shape index (κ3) is 9.10. The van der Waals surface area contributed by atoms with Crippen molar-refractivity contribution < 1.29 is 17.9 Å². The molecular formula is C24H31ClN2O4S. The molecule has 8 heteroatoms. The van der Waals surface area contributed by atoms with E-state index >= 15 is 0 Å². The highest BCUT2D eigenvalue weighted by atomic mass is 35.5. The lowest BCUT2D eigenvalue weighted by Gasteiger charge is -2.15. The molecule has 1 N–H and O–H groups in total. The van der Waals surface area contributed by atoms with Crippen molar-refractivity contribution in [1.29, 1.82) is 0 Å². The molecule has 0 aliphatic heterocycles.